The lowest BCUT2D eigenvalue weighted by atomic mass is 9.85. The Bertz CT molecular complexity index is 945. The molecular formula is C23H31N5O2. The molecule has 1 saturated heterocycles. The van der Waals surface area contributed by atoms with Crippen LogP contribution in [0.15, 0.2) is 24.3 Å². The van der Waals surface area contributed by atoms with E-state index in [1.807, 2.05) is 54.6 Å². The van der Waals surface area contributed by atoms with Crippen LogP contribution in [0.1, 0.15) is 63.4 Å². The Labute approximate surface area is 178 Å². The summed E-state index contributed by atoms with van der Waals surface area (Å²) in [5, 5.41) is 17.1. The van der Waals surface area contributed by atoms with Crippen molar-refractivity contribution in [1.29, 1.82) is 5.26 Å². The molecule has 160 valence electrons. The van der Waals surface area contributed by atoms with E-state index in [0.717, 1.165) is 49.7 Å². The fraction of sp³-hybridized carbons (Fsp3) is 0.565. The molecular weight excluding hydrogens is 378 g/mol. The van der Waals surface area contributed by atoms with Crippen molar-refractivity contribution in [1.82, 2.24) is 20.0 Å². The van der Waals surface area contributed by atoms with Crippen molar-refractivity contribution in [3.8, 4) is 6.07 Å². The number of aromatic nitrogens is 2. The third-order valence-electron chi connectivity index (χ3n) is 5.59. The Kier molecular flexibility index (Phi) is 6.76. The van der Waals surface area contributed by atoms with Crippen LogP contribution in [0.3, 0.4) is 0 Å². The highest BCUT2D eigenvalue weighted by atomic mass is 16.2. The molecule has 2 heterocycles. The van der Waals surface area contributed by atoms with Crippen molar-refractivity contribution in [3.05, 3.63) is 30.0 Å². The summed E-state index contributed by atoms with van der Waals surface area (Å²) in [6.07, 6.45) is 4.15. The van der Waals surface area contributed by atoms with Crippen molar-refractivity contribution >= 4 is 22.7 Å². The average molecular weight is 410 g/mol. The second kappa shape index (κ2) is 9.29. The van der Waals surface area contributed by atoms with Gasteiger partial charge < -0.3 is 10.2 Å². The van der Waals surface area contributed by atoms with Gasteiger partial charge in [0, 0.05) is 31.4 Å². The van der Waals surface area contributed by atoms with Gasteiger partial charge in [0.15, 0.2) is 5.69 Å². The number of fused-ring (bicyclic) bond motifs is 1. The van der Waals surface area contributed by atoms with Gasteiger partial charge in [-0.2, -0.15) is 10.4 Å². The number of benzene rings is 1. The summed E-state index contributed by atoms with van der Waals surface area (Å²) in [4.78, 5) is 28.2. The summed E-state index contributed by atoms with van der Waals surface area (Å²) in [5.41, 5.74) is 0.817. The first kappa shape index (κ1) is 21.8. The van der Waals surface area contributed by atoms with Crippen LogP contribution in [0.5, 0.6) is 0 Å². The van der Waals surface area contributed by atoms with Crippen LogP contribution in [0.25, 0.3) is 10.9 Å². The molecule has 1 unspecified atom stereocenters. The number of rotatable bonds is 7. The lowest BCUT2D eigenvalue weighted by Gasteiger charge is -2.33. The number of carbonyl (C=O) groups is 2. The van der Waals surface area contributed by atoms with E-state index in [1.54, 1.807) is 0 Å². The lowest BCUT2D eigenvalue weighted by molar-refractivity contribution is -0.134. The fourth-order valence-electron chi connectivity index (χ4n) is 3.90. The predicted molar refractivity (Wildman–Crippen MR) is 116 cm³/mol. The highest BCUT2D eigenvalue weighted by molar-refractivity contribution is 6.06. The van der Waals surface area contributed by atoms with Gasteiger partial charge in [-0.25, -0.2) is 0 Å². The van der Waals surface area contributed by atoms with E-state index in [4.69, 9.17) is 5.26 Å². The van der Waals surface area contributed by atoms with Gasteiger partial charge in [-0.3, -0.25) is 14.3 Å². The maximum atomic E-state index is 13.2. The highest BCUT2D eigenvalue weighted by Gasteiger charge is 2.37. The molecule has 1 fully saturated rings. The highest BCUT2D eigenvalue weighted by Crippen LogP contribution is 2.25. The van der Waals surface area contributed by atoms with E-state index in [1.165, 1.54) is 0 Å². The van der Waals surface area contributed by atoms with Gasteiger partial charge in [-0.15, -0.1) is 0 Å². The van der Waals surface area contributed by atoms with E-state index in [9.17, 15) is 9.59 Å². The maximum Gasteiger partial charge on any atom is 0.273 e. The molecule has 0 radical (unpaired) electrons. The number of nitriles is 1. The standard InChI is InChI=1S/C23H31N5O2/c1-23(2,3)20(22(30)27-14-9-10-15-27)25-21(29)19-17-11-5-6-12-18(17)28(26-19)16-8-4-7-13-24/h5-6,11-12,20H,4,7-10,14-16H2,1-3H3,(H,25,29). The Morgan fingerprint density at radius 1 is 1.20 bits per heavy atom. The van der Waals surface area contributed by atoms with Gasteiger partial charge in [0.25, 0.3) is 5.91 Å². The molecule has 0 saturated carbocycles. The second-order valence-corrected chi connectivity index (χ2v) is 9.01. The maximum absolute atomic E-state index is 13.2. The second-order valence-electron chi connectivity index (χ2n) is 9.01. The third-order valence-corrected chi connectivity index (χ3v) is 5.59. The van der Waals surface area contributed by atoms with Gasteiger partial charge in [-0.1, -0.05) is 39.0 Å². The Hall–Kier alpha value is -2.88. The Morgan fingerprint density at radius 2 is 1.90 bits per heavy atom. The molecule has 3 rings (SSSR count). The minimum Gasteiger partial charge on any atom is -0.341 e. The largest absolute Gasteiger partial charge is 0.341 e. The number of hydrogen-bond donors (Lipinski definition) is 1. The number of hydrogen-bond acceptors (Lipinski definition) is 4. The Morgan fingerprint density at radius 3 is 2.57 bits per heavy atom. The molecule has 1 aromatic carbocycles. The van der Waals surface area contributed by atoms with Crippen LogP contribution in [0.4, 0.5) is 0 Å². The van der Waals surface area contributed by atoms with Crippen LogP contribution < -0.4 is 5.32 Å². The Balaban J connectivity index is 1.84. The topological polar surface area (TPSA) is 91.0 Å². The van der Waals surface area contributed by atoms with Crippen LogP contribution in [-0.2, 0) is 11.3 Å². The summed E-state index contributed by atoms with van der Waals surface area (Å²) in [6, 6.07) is 9.19. The smallest absolute Gasteiger partial charge is 0.273 e. The van der Waals surface area contributed by atoms with Crippen molar-refractivity contribution in [2.24, 2.45) is 5.41 Å². The van der Waals surface area contributed by atoms with E-state index < -0.39 is 11.5 Å². The number of para-hydroxylation sites is 1. The fourth-order valence-corrected chi connectivity index (χ4v) is 3.90. The molecule has 0 bridgehead atoms. The number of aryl methyl sites for hydroxylation is 1. The third kappa shape index (κ3) is 4.81. The zero-order chi connectivity index (χ0) is 21.7. The molecule has 1 aromatic heterocycles. The molecule has 0 aliphatic carbocycles. The molecule has 1 N–H and O–H groups in total. The van der Waals surface area contributed by atoms with E-state index >= 15 is 0 Å². The molecule has 2 aromatic rings. The first-order valence-corrected chi connectivity index (χ1v) is 10.7. The van der Waals surface area contributed by atoms with Crippen LogP contribution in [-0.4, -0.2) is 45.6 Å². The zero-order valence-corrected chi connectivity index (χ0v) is 18.1. The van der Waals surface area contributed by atoms with Gasteiger partial charge in [0.05, 0.1) is 11.6 Å². The summed E-state index contributed by atoms with van der Waals surface area (Å²) < 4.78 is 1.83. The number of nitrogens with one attached hydrogen (secondary N) is 1. The minimum atomic E-state index is -0.609. The van der Waals surface area contributed by atoms with Gasteiger partial charge in [-0.05, 0) is 37.2 Å². The minimum absolute atomic E-state index is 0.0198. The number of likely N-dealkylation sites (tertiary alicyclic amines) is 1. The first-order valence-electron chi connectivity index (χ1n) is 10.7. The van der Waals surface area contributed by atoms with Gasteiger partial charge in [0.2, 0.25) is 5.91 Å². The molecule has 0 spiro atoms. The van der Waals surface area contributed by atoms with Gasteiger partial charge in [0.1, 0.15) is 6.04 Å². The molecule has 1 aliphatic heterocycles. The molecule has 2 amide bonds. The molecule has 30 heavy (non-hydrogen) atoms. The van der Waals surface area contributed by atoms with Crippen LogP contribution >= 0.6 is 0 Å². The summed E-state index contributed by atoms with van der Waals surface area (Å²) in [7, 11) is 0. The first-order chi connectivity index (χ1) is 14.3. The predicted octanol–water partition coefficient (Wildman–Crippen LogP) is 3.50. The summed E-state index contributed by atoms with van der Waals surface area (Å²) in [5.74, 6) is -0.344. The SMILES string of the molecule is CC(C)(C)C(NC(=O)c1nn(CCCCC#N)c2ccccc12)C(=O)N1CCCC1. The molecule has 7 heteroatoms. The van der Waals surface area contributed by atoms with E-state index in [2.05, 4.69) is 16.5 Å². The van der Waals surface area contributed by atoms with Gasteiger partial charge >= 0.3 is 0 Å². The molecule has 1 atom stereocenters. The summed E-state index contributed by atoms with van der Waals surface area (Å²) >= 11 is 0. The molecule has 1 aliphatic rings. The van der Waals surface area contributed by atoms with Crippen LogP contribution in [0.2, 0.25) is 0 Å². The number of unbranched alkanes of at least 4 members (excludes halogenated alkanes) is 2. The van der Waals surface area contributed by atoms with Crippen LogP contribution in [0, 0.1) is 16.7 Å². The van der Waals surface area contributed by atoms with Crippen molar-refractivity contribution in [2.75, 3.05) is 13.1 Å². The van der Waals surface area contributed by atoms with Crippen molar-refractivity contribution in [3.63, 3.8) is 0 Å². The summed E-state index contributed by atoms with van der Waals surface area (Å²) in [6.45, 7) is 8.06. The van der Waals surface area contributed by atoms with Crippen molar-refractivity contribution in [2.45, 2.75) is 65.5 Å². The molecule has 7 nitrogen and oxygen atoms in total. The zero-order valence-electron chi connectivity index (χ0n) is 18.1. The quantitative estimate of drug-likeness (QED) is 0.709. The number of carbonyl (C=O) groups excluding carboxylic acids is 2. The number of amides is 2. The number of nitrogens with zero attached hydrogens (tertiary/aromatic N) is 4. The average Bonchev–Trinajstić information content (AvgIpc) is 3.36. The van der Waals surface area contributed by atoms with Crippen molar-refractivity contribution < 1.29 is 9.59 Å². The van der Waals surface area contributed by atoms with E-state index in [0.29, 0.717) is 18.7 Å². The lowest BCUT2D eigenvalue weighted by Crippen LogP contribution is -2.54. The monoisotopic (exact) mass is 409 g/mol. The van der Waals surface area contributed by atoms with E-state index in [-0.39, 0.29) is 11.8 Å². The normalized spacial score (nSPS) is 15.2.